The third kappa shape index (κ3) is 6.47. The number of nitro benzene ring substituents is 1. The monoisotopic (exact) mass is 599 g/mol. The molecule has 0 aliphatic rings. The Kier molecular flexibility index (Phi) is 8.59. The van der Waals surface area contributed by atoms with Crippen molar-refractivity contribution in [2.45, 2.75) is 23.9 Å². The number of aromatic nitrogens is 3. The number of halogens is 1. The summed E-state index contributed by atoms with van der Waals surface area (Å²) >= 11 is 4.67. The van der Waals surface area contributed by atoms with Gasteiger partial charge in [-0.15, -0.1) is 10.2 Å². The highest BCUT2D eigenvalue weighted by atomic mass is 79.9. The molecule has 0 N–H and O–H groups in total. The van der Waals surface area contributed by atoms with Crippen molar-refractivity contribution in [1.82, 2.24) is 14.8 Å². The first kappa shape index (κ1) is 27.1. The number of non-ortho nitro benzene ring substituents is 1. The van der Waals surface area contributed by atoms with Gasteiger partial charge < -0.3 is 9.47 Å². The summed E-state index contributed by atoms with van der Waals surface area (Å²) in [5.74, 6) is 1.78. The first-order valence-corrected chi connectivity index (χ1v) is 12.9. The molecule has 4 aromatic rings. The van der Waals surface area contributed by atoms with Gasteiger partial charge in [-0.05, 0) is 67.1 Å². The molecule has 11 nitrogen and oxygen atoms in total. The van der Waals surface area contributed by atoms with Crippen LogP contribution in [-0.4, -0.2) is 38.3 Å². The predicted molar refractivity (Wildman–Crippen MR) is 145 cm³/mol. The van der Waals surface area contributed by atoms with E-state index in [1.807, 2.05) is 35.8 Å². The second-order valence-electron chi connectivity index (χ2n) is 8.08. The Morgan fingerprint density at radius 2 is 1.74 bits per heavy atom. The normalized spacial score (nSPS) is 11.7. The average Bonchev–Trinajstić information content (AvgIpc) is 3.27. The molecule has 13 heteroatoms. The zero-order chi connectivity index (χ0) is 27.2. The van der Waals surface area contributed by atoms with Crippen LogP contribution in [0.2, 0.25) is 0 Å². The van der Waals surface area contributed by atoms with Gasteiger partial charge in [0.2, 0.25) is 6.54 Å². The fourth-order valence-electron chi connectivity index (χ4n) is 3.69. The minimum Gasteiger partial charge on any atom is -0.497 e. The van der Waals surface area contributed by atoms with Gasteiger partial charge in [0.25, 0.3) is 5.69 Å². The zero-order valence-corrected chi connectivity index (χ0v) is 22.7. The Morgan fingerprint density at radius 3 is 2.37 bits per heavy atom. The number of ether oxygens (including phenoxy) is 2. The van der Waals surface area contributed by atoms with Crippen LogP contribution in [0.4, 0.5) is 5.69 Å². The Hall–Kier alpha value is -3.97. The zero-order valence-electron chi connectivity index (χ0n) is 20.3. The van der Waals surface area contributed by atoms with Crippen molar-refractivity contribution < 1.29 is 19.3 Å². The minimum absolute atomic E-state index is 0.0169. The molecule has 0 bridgehead atoms. The Bertz CT molecular complexity index is 1450. The minimum atomic E-state index is -0.657. The van der Waals surface area contributed by atoms with E-state index in [0.29, 0.717) is 28.0 Å². The van der Waals surface area contributed by atoms with Gasteiger partial charge in [-0.3, -0.25) is 24.8 Å². The molecular formula is C25H22BrN5O6S. The van der Waals surface area contributed by atoms with E-state index in [2.05, 4.69) is 26.1 Å². The molecule has 0 fully saturated rings. The largest absolute Gasteiger partial charge is 0.497 e. The number of methoxy groups -OCH3 is 1. The number of nitro groups is 2. The van der Waals surface area contributed by atoms with Crippen LogP contribution in [-0.2, 0) is 6.61 Å². The number of thioether (sulfide) groups is 1. The van der Waals surface area contributed by atoms with Crippen molar-refractivity contribution in [2.24, 2.45) is 0 Å². The molecule has 0 amide bonds. The van der Waals surface area contributed by atoms with E-state index in [9.17, 15) is 20.2 Å². The molecule has 196 valence electrons. The van der Waals surface area contributed by atoms with Crippen molar-refractivity contribution in [3.63, 3.8) is 0 Å². The highest BCUT2D eigenvalue weighted by Crippen LogP contribution is 2.41. The lowest BCUT2D eigenvalue weighted by Crippen LogP contribution is -2.12. The number of benzene rings is 3. The van der Waals surface area contributed by atoms with Crippen LogP contribution in [0.15, 0.2) is 76.4 Å². The summed E-state index contributed by atoms with van der Waals surface area (Å²) in [5, 5.41) is 30.9. The quantitative estimate of drug-likeness (QED) is 0.116. The fraction of sp³-hybridized carbons (Fsp3) is 0.200. The van der Waals surface area contributed by atoms with E-state index < -0.39 is 10.2 Å². The van der Waals surface area contributed by atoms with E-state index in [4.69, 9.17) is 9.47 Å². The first-order valence-electron chi connectivity index (χ1n) is 11.3. The molecule has 0 saturated carbocycles. The SMILES string of the molecule is COc1ccc(-n2c(C)nnc2S[C@@H](C[N+](=O)[O-])c2cc(Br)ccc2OCc2ccc([N+](=O)[O-])cc2)cc1. The van der Waals surface area contributed by atoms with Crippen LogP contribution >= 0.6 is 27.7 Å². The van der Waals surface area contributed by atoms with Gasteiger partial charge in [-0.25, -0.2) is 0 Å². The molecule has 38 heavy (non-hydrogen) atoms. The van der Waals surface area contributed by atoms with Crippen molar-refractivity contribution in [1.29, 1.82) is 0 Å². The molecule has 0 spiro atoms. The molecule has 0 aliphatic carbocycles. The van der Waals surface area contributed by atoms with Gasteiger partial charge in [0, 0.05) is 32.8 Å². The Balaban J connectivity index is 1.64. The summed E-state index contributed by atoms with van der Waals surface area (Å²) in [6, 6.07) is 18.7. The number of nitrogens with zero attached hydrogens (tertiary/aromatic N) is 5. The van der Waals surface area contributed by atoms with Gasteiger partial charge >= 0.3 is 0 Å². The van der Waals surface area contributed by atoms with E-state index >= 15 is 0 Å². The summed E-state index contributed by atoms with van der Waals surface area (Å²) < 4.78 is 13.8. The molecule has 0 aliphatic heterocycles. The first-order chi connectivity index (χ1) is 18.2. The predicted octanol–water partition coefficient (Wildman–Crippen LogP) is 5.94. The van der Waals surface area contributed by atoms with Gasteiger partial charge in [-0.2, -0.15) is 0 Å². The fourth-order valence-corrected chi connectivity index (χ4v) is 5.26. The van der Waals surface area contributed by atoms with Gasteiger partial charge in [0.05, 0.1) is 12.0 Å². The second kappa shape index (κ2) is 12.0. The van der Waals surface area contributed by atoms with Gasteiger partial charge in [0.1, 0.15) is 29.2 Å². The topological polar surface area (TPSA) is 135 Å². The number of hydrogen-bond donors (Lipinski definition) is 0. The molecule has 3 aromatic carbocycles. The number of aryl methyl sites for hydroxylation is 1. The number of hydrogen-bond acceptors (Lipinski definition) is 9. The summed E-state index contributed by atoms with van der Waals surface area (Å²) in [5.41, 5.74) is 2.10. The molecule has 0 saturated heterocycles. The van der Waals surface area contributed by atoms with Crippen LogP contribution in [0, 0.1) is 27.2 Å². The van der Waals surface area contributed by atoms with E-state index in [1.54, 1.807) is 37.4 Å². The van der Waals surface area contributed by atoms with Crippen LogP contribution in [0.1, 0.15) is 22.2 Å². The van der Waals surface area contributed by atoms with Crippen LogP contribution < -0.4 is 9.47 Å². The summed E-state index contributed by atoms with van der Waals surface area (Å²) in [6.07, 6.45) is 0. The van der Waals surface area contributed by atoms with Crippen molar-refractivity contribution in [2.75, 3.05) is 13.7 Å². The van der Waals surface area contributed by atoms with E-state index in [0.717, 1.165) is 15.7 Å². The molecule has 0 radical (unpaired) electrons. The lowest BCUT2D eigenvalue weighted by Gasteiger charge is -2.18. The van der Waals surface area contributed by atoms with Crippen molar-refractivity contribution in [3.8, 4) is 17.2 Å². The molecule has 1 heterocycles. The summed E-state index contributed by atoms with van der Waals surface area (Å²) in [7, 11) is 1.59. The van der Waals surface area contributed by atoms with Gasteiger partial charge in [0.15, 0.2) is 5.16 Å². The molecule has 0 unspecified atom stereocenters. The average molecular weight is 600 g/mol. The third-order valence-corrected chi connectivity index (χ3v) is 7.20. The maximum Gasteiger partial charge on any atom is 0.269 e. The third-order valence-electron chi connectivity index (χ3n) is 5.55. The standard InChI is InChI=1S/C25H22BrN5O6S/c1-16-27-28-25(30(16)19-8-10-21(36-2)11-9-19)38-24(14-29(32)33)22-13-18(26)5-12-23(22)37-15-17-3-6-20(7-4-17)31(34)35/h3-13,24H,14-15H2,1-2H3/t24-/m0/s1. The van der Waals surface area contributed by atoms with Crippen molar-refractivity contribution >= 4 is 33.4 Å². The maximum absolute atomic E-state index is 11.7. The highest BCUT2D eigenvalue weighted by molar-refractivity contribution is 9.10. The second-order valence-corrected chi connectivity index (χ2v) is 10.2. The van der Waals surface area contributed by atoms with E-state index in [-0.39, 0.29) is 23.8 Å². The smallest absolute Gasteiger partial charge is 0.269 e. The summed E-state index contributed by atoms with van der Waals surface area (Å²) in [6.45, 7) is 1.55. The Morgan fingerprint density at radius 1 is 1.03 bits per heavy atom. The summed E-state index contributed by atoms with van der Waals surface area (Å²) in [4.78, 5) is 21.8. The molecule has 1 atom stereocenters. The lowest BCUT2D eigenvalue weighted by atomic mass is 10.1. The van der Waals surface area contributed by atoms with Crippen LogP contribution in [0.5, 0.6) is 11.5 Å². The number of rotatable bonds is 11. The highest BCUT2D eigenvalue weighted by Gasteiger charge is 2.27. The lowest BCUT2D eigenvalue weighted by molar-refractivity contribution is -0.479. The van der Waals surface area contributed by atoms with E-state index in [1.165, 1.54) is 23.9 Å². The Labute approximate surface area is 230 Å². The van der Waals surface area contributed by atoms with Gasteiger partial charge in [-0.1, -0.05) is 27.7 Å². The molecular weight excluding hydrogens is 578 g/mol. The molecule has 1 aromatic heterocycles. The maximum atomic E-state index is 11.7. The van der Waals surface area contributed by atoms with Crippen LogP contribution in [0.3, 0.4) is 0 Å². The van der Waals surface area contributed by atoms with Crippen molar-refractivity contribution in [3.05, 3.63) is 108 Å². The van der Waals surface area contributed by atoms with Crippen LogP contribution in [0.25, 0.3) is 5.69 Å². The molecule has 4 rings (SSSR count).